The number of methoxy groups -OCH3 is 1. The molecule has 2 aliphatic rings. The topological polar surface area (TPSA) is 66.8 Å². The van der Waals surface area contributed by atoms with E-state index < -0.39 is 0 Å². The Kier molecular flexibility index (Phi) is 5.31. The molecule has 32 heavy (non-hydrogen) atoms. The van der Waals surface area contributed by atoms with Crippen molar-refractivity contribution in [3.05, 3.63) is 84.2 Å². The highest BCUT2D eigenvalue weighted by Crippen LogP contribution is 2.32. The van der Waals surface area contributed by atoms with Crippen molar-refractivity contribution in [1.29, 1.82) is 0 Å². The number of urea groups is 1. The van der Waals surface area contributed by atoms with E-state index in [-0.39, 0.29) is 30.4 Å². The average Bonchev–Trinajstić information content (AvgIpc) is 3.45. The molecule has 164 valence electrons. The number of nitrogens with zero attached hydrogens (tertiary/aromatic N) is 3. The summed E-state index contributed by atoms with van der Waals surface area (Å²) in [5, 5.41) is 3.11. The van der Waals surface area contributed by atoms with Crippen LogP contribution in [0.25, 0.3) is 0 Å². The van der Waals surface area contributed by atoms with Gasteiger partial charge >= 0.3 is 6.03 Å². The van der Waals surface area contributed by atoms with Crippen LogP contribution < -0.4 is 15.0 Å². The van der Waals surface area contributed by atoms with Gasteiger partial charge in [0.15, 0.2) is 0 Å². The van der Waals surface area contributed by atoms with Crippen LogP contribution in [0.3, 0.4) is 0 Å². The number of hydrogen-bond donors (Lipinski definition) is 1. The van der Waals surface area contributed by atoms with Gasteiger partial charge in [-0.3, -0.25) is 4.79 Å². The van der Waals surface area contributed by atoms with Gasteiger partial charge in [0.2, 0.25) is 5.91 Å². The summed E-state index contributed by atoms with van der Waals surface area (Å²) in [4.78, 5) is 29.6. The molecule has 1 saturated heterocycles. The third-order valence-electron chi connectivity index (χ3n) is 6.25. The second kappa shape index (κ2) is 8.42. The number of rotatable bonds is 4. The highest BCUT2D eigenvalue weighted by Gasteiger charge is 2.36. The van der Waals surface area contributed by atoms with E-state index in [1.165, 1.54) is 0 Å². The summed E-state index contributed by atoms with van der Waals surface area (Å²) in [6, 6.07) is 21.0. The zero-order chi connectivity index (χ0) is 22.1. The molecule has 0 aliphatic carbocycles. The van der Waals surface area contributed by atoms with Crippen LogP contribution >= 0.6 is 0 Å². The Bertz CT molecular complexity index is 1110. The minimum absolute atomic E-state index is 0.00703. The molecule has 2 aliphatic heterocycles. The third-order valence-corrected chi connectivity index (χ3v) is 6.25. The number of carbonyl (C=O) groups excluding carboxylic acids is 2. The van der Waals surface area contributed by atoms with Crippen molar-refractivity contribution in [3.63, 3.8) is 0 Å². The maximum absolute atomic E-state index is 13.4. The van der Waals surface area contributed by atoms with Gasteiger partial charge in [0.25, 0.3) is 0 Å². The quantitative estimate of drug-likeness (QED) is 0.690. The molecule has 0 saturated carbocycles. The first-order valence-electron chi connectivity index (χ1n) is 10.9. The Hall–Kier alpha value is -3.74. The van der Waals surface area contributed by atoms with Gasteiger partial charge in [0.1, 0.15) is 5.75 Å². The van der Waals surface area contributed by atoms with E-state index >= 15 is 0 Å². The Balaban J connectivity index is 1.32. The second-order valence-electron chi connectivity index (χ2n) is 8.19. The van der Waals surface area contributed by atoms with Crippen LogP contribution in [0.4, 0.5) is 10.5 Å². The Morgan fingerprint density at radius 2 is 1.78 bits per heavy atom. The lowest BCUT2D eigenvalue weighted by Crippen LogP contribution is -2.50. The number of amides is 3. The summed E-state index contributed by atoms with van der Waals surface area (Å²) in [5.74, 6) is 0.750. The molecular formula is C25H26N4O3. The average molecular weight is 431 g/mol. The van der Waals surface area contributed by atoms with Gasteiger partial charge in [-0.05, 0) is 42.0 Å². The van der Waals surface area contributed by atoms with Gasteiger partial charge in [-0.25, -0.2) is 4.79 Å². The molecule has 3 aromatic rings. The van der Waals surface area contributed by atoms with Crippen molar-refractivity contribution in [2.45, 2.75) is 25.0 Å². The number of aromatic nitrogens is 1. The monoisotopic (exact) mass is 430 g/mol. The first kappa shape index (κ1) is 20.2. The van der Waals surface area contributed by atoms with Crippen LogP contribution in [0.15, 0.2) is 72.9 Å². The number of nitrogens with one attached hydrogen (secondary N) is 1. The van der Waals surface area contributed by atoms with E-state index in [9.17, 15) is 9.59 Å². The molecule has 7 nitrogen and oxygen atoms in total. The summed E-state index contributed by atoms with van der Waals surface area (Å²) >= 11 is 0. The predicted molar refractivity (Wildman–Crippen MR) is 122 cm³/mol. The number of ether oxygens (including phenoxy) is 1. The largest absolute Gasteiger partial charge is 0.497 e. The molecule has 0 radical (unpaired) electrons. The van der Waals surface area contributed by atoms with Gasteiger partial charge in [0, 0.05) is 43.6 Å². The lowest BCUT2D eigenvalue weighted by Gasteiger charge is -2.37. The maximum atomic E-state index is 13.4. The maximum Gasteiger partial charge on any atom is 0.318 e. The minimum atomic E-state index is -0.234. The van der Waals surface area contributed by atoms with Gasteiger partial charge in [-0.2, -0.15) is 0 Å². The summed E-state index contributed by atoms with van der Waals surface area (Å²) in [6.45, 7) is 1.81. The molecule has 1 fully saturated rings. The predicted octanol–water partition coefficient (Wildman–Crippen LogP) is 3.42. The number of carbonyl (C=O) groups is 2. The van der Waals surface area contributed by atoms with Crippen molar-refractivity contribution >= 4 is 17.6 Å². The van der Waals surface area contributed by atoms with Gasteiger partial charge in [-0.1, -0.05) is 30.3 Å². The summed E-state index contributed by atoms with van der Waals surface area (Å²) in [6.07, 6.45) is 2.35. The number of benzene rings is 2. The highest BCUT2D eigenvalue weighted by atomic mass is 16.5. The van der Waals surface area contributed by atoms with E-state index in [4.69, 9.17) is 4.74 Å². The summed E-state index contributed by atoms with van der Waals surface area (Å²) in [5.41, 5.74) is 2.98. The molecule has 2 atom stereocenters. The fourth-order valence-electron chi connectivity index (χ4n) is 4.66. The molecule has 5 rings (SSSR count). The lowest BCUT2D eigenvalue weighted by molar-refractivity contribution is -0.117. The molecule has 2 aromatic carbocycles. The summed E-state index contributed by atoms with van der Waals surface area (Å²) in [7, 11) is 1.61. The van der Waals surface area contributed by atoms with E-state index in [2.05, 4.69) is 34.3 Å². The fraction of sp³-hybridized carbons (Fsp3) is 0.280. The zero-order valence-electron chi connectivity index (χ0n) is 18.0. The van der Waals surface area contributed by atoms with Crippen LogP contribution in [0.2, 0.25) is 0 Å². The van der Waals surface area contributed by atoms with Crippen molar-refractivity contribution in [3.8, 4) is 5.75 Å². The summed E-state index contributed by atoms with van der Waals surface area (Å²) < 4.78 is 7.40. The first-order valence-corrected chi connectivity index (χ1v) is 10.9. The Morgan fingerprint density at radius 3 is 2.53 bits per heavy atom. The third kappa shape index (κ3) is 3.70. The van der Waals surface area contributed by atoms with E-state index in [0.717, 1.165) is 29.2 Å². The fourth-order valence-corrected chi connectivity index (χ4v) is 4.66. The first-order chi connectivity index (χ1) is 15.6. The molecule has 3 heterocycles. The second-order valence-corrected chi connectivity index (χ2v) is 8.19. The van der Waals surface area contributed by atoms with Crippen LogP contribution in [0.5, 0.6) is 5.75 Å². The number of hydrogen-bond acceptors (Lipinski definition) is 3. The molecule has 7 heteroatoms. The smallest absolute Gasteiger partial charge is 0.318 e. The molecule has 0 spiro atoms. The molecule has 1 N–H and O–H groups in total. The number of fused-ring (bicyclic) bond motifs is 1. The number of anilines is 1. The Morgan fingerprint density at radius 1 is 1.00 bits per heavy atom. The van der Waals surface area contributed by atoms with Gasteiger partial charge < -0.3 is 24.4 Å². The van der Waals surface area contributed by atoms with Crippen LogP contribution in [-0.4, -0.2) is 47.6 Å². The van der Waals surface area contributed by atoms with E-state index in [0.29, 0.717) is 13.1 Å². The molecule has 0 bridgehead atoms. The lowest BCUT2D eigenvalue weighted by atomic mass is 10.0. The Labute approximate surface area is 187 Å². The van der Waals surface area contributed by atoms with Crippen molar-refractivity contribution in [2.24, 2.45) is 0 Å². The molecular weight excluding hydrogens is 404 g/mol. The van der Waals surface area contributed by atoms with Crippen molar-refractivity contribution < 1.29 is 14.3 Å². The van der Waals surface area contributed by atoms with Gasteiger partial charge in [-0.15, -0.1) is 0 Å². The van der Waals surface area contributed by atoms with Crippen LogP contribution in [0, 0.1) is 0 Å². The molecule has 1 aromatic heterocycles. The van der Waals surface area contributed by atoms with E-state index in [1.54, 1.807) is 12.0 Å². The standard InChI is InChI=1S/C25H26N4O3/c1-32-21-11-9-20(10-12-21)29-17-19(16-23(29)30)26-25(31)28-15-14-27-13-5-8-22(27)24(28)18-6-3-2-4-7-18/h2-13,19,24H,14-17H2,1H3,(H,26,31). The zero-order valence-corrected chi connectivity index (χ0v) is 18.0. The highest BCUT2D eigenvalue weighted by molar-refractivity contribution is 5.96. The molecule has 3 amide bonds. The van der Waals surface area contributed by atoms with Crippen LogP contribution in [0.1, 0.15) is 23.7 Å². The van der Waals surface area contributed by atoms with E-state index in [1.807, 2.05) is 53.4 Å². The van der Waals surface area contributed by atoms with Crippen molar-refractivity contribution in [2.75, 3.05) is 25.1 Å². The van der Waals surface area contributed by atoms with Crippen molar-refractivity contribution in [1.82, 2.24) is 14.8 Å². The normalized spacial score (nSPS) is 20.2. The molecule has 2 unspecified atom stereocenters. The minimum Gasteiger partial charge on any atom is -0.497 e. The van der Waals surface area contributed by atoms with Gasteiger partial charge in [0.05, 0.1) is 19.2 Å². The van der Waals surface area contributed by atoms with Crippen LogP contribution in [-0.2, 0) is 11.3 Å². The SMILES string of the molecule is COc1ccc(N2CC(NC(=O)N3CCn4cccc4C3c3ccccc3)CC2=O)cc1.